The van der Waals surface area contributed by atoms with Crippen LogP contribution in [0.1, 0.15) is 38.9 Å². The van der Waals surface area contributed by atoms with Gasteiger partial charge in [-0.15, -0.1) is 11.3 Å². The second kappa shape index (κ2) is 6.63. The molecule has 0 spiro atoms. The number of aliphatic hydroxyl groups excluding tert-OH is 1. The van der Waals surface area contributed by atoms with E-state index in [2.05, 4.69) is 0 Å². The van der Waals surface area contributed by atoms with Crippen molar-refractivity contribution >= 4 is 34.4 Å². The molecule has 6 heteroatoms. The van der Waals surface area contributed by atoms with E-state index in [-0.39, 0.29) is 41.5 Å². The fraction of sp³-hybridized carbons (Fsp3) is 0.190. The van der Waals surface area contributed by atoms with Crippen LogP contribution in [-0.2, 0) is 9.53 Å². The molecule has 0 aliphatic heterocycles. The zero-order valence-corrected chi connectivity index (χ0v) is 15.3. The minimum atomic E-state index is -0.803. The highest BCUT2D eigenvalue weighted by Gasteiger charge is 2.44. The predicted molar refractivity (Wildman–Crippen MR) is 101 cm³/mol. The van der Waals surface area contributed by atoms with E-state index in [9.17, 15) is 19.5 Å². The summed E-state index contributed by atoms with van der Waals surface area (Å²) in [6.07, 6.45) is -0.0860. The number of ether oxygens (including phenoxy) is 1. The fourth-order valence-electron chi connectivity index (χ4n) is 3.67. The fourth-order valence-corrected chi connectivity index (χ4v) is 4.47. The van der Waals surface area contributed by atoms with Gasteiger partial charge < -0.3 is 9.84 Å². The Morgan fingerprint density at radius 1 is 1.19 bits per heavy atom. The maximum absolute atomic E-state index is 13.3. The molecule has 0 bridgehead atoms. The van der Waals surface area contributed by atoms with Crippen LogP contribution in [0.4, 0.5) is 0 Å². The number of aliphatic hydroxyl groups is 1. The zero-order chi connectivity index (χ0) is 19.1. The molecule has 27 heavy (non-hydrogen) atoms. The third kappa shape index (κ3) is 2.64. The Morgan fingerprint density at radius 3 is 2.59 bits per heavy atom. The number of fused-ring (bicyclic) bond motifs is 2. The zero-order valence-electron chi connectivity index (χ0n) is 14.5. The van der Waals surface area contributed by atoms with Crippen LogP contribution in [0.5, 0.6) is 0 Å². The van der Waals surface area contributed by atoms with E-state index >= 15 is 0 Å². The second-order valence-corrected chi connectivity index (χ2v) is 7.25. The number of ketones is 2. The molecule has 1 heterocycles. The Kier molecular flexibility index (Phi) is 4.28. The molecular formula is C21H16O5S. The standard InChI is InChI=1S/C21H16O5S/c1-2-26-21(25)17-14(22)10-13-16(18(17)15-8-5-9-27-15)20(24)12-7-4-3-6-11(12)19(13)23/h3-9,13,22H,2,10H2,1H3/t13-/m0/s1. The summed E-state index contributed by atoms with van der Waals surface area (Å²) in [5, 5.41) is 12.4. The number of carbonyl (C=O) groups excluding carboxylic acids is 3. The molecule has 2 aliphatic carbocycles. The third-order valence-corrected chi connectivity index (χ3v) is 5.69. The van der Waals surface area contributed by atoms with Crippen molar-refractivity contribution in [2.45, 2.75) is 13.3 Å². The molecule has 2 aliphatic rings. The average Bonchev–Trinajstić information content (AvgIpc) is 3.19. The van der Waals surface area contributed by atoms with Gasteiger partial charge in [0.1, 0.15) is 11.3 Å². The number of carbonyl (C=O) groups is 3. The lowest BCUT2D eigenvalue weighted by atomic mass is 9.70. The predicted octanol–water partition coefficient (Wildman–Crippen LogP) is 3.98. The van der Waals surface area contributed by atoms with Crippen LogP contribution in [0.25, 0.3) is 5.57 Å². The molecule has 5 nitrogen and oxygen atoms in total. The van der Waals surface area contributed by atoms with Gasteiger partial charge in [0, 0.05) is 33.6 Å². The highest BCUT2D eigenvalue weighted by molar-refractivity contribution is 7.11. The van der Waals surface area contributed by atoms with Crippen molar-refractivity contribution in [3.05, 3.63) is 74.7 Å². The van der Waals surface area contributed by atoms with E-state index < -0.39 is 11.9 Å². The number of hydrogen-bond acceptors (Lipinski definition) is 6. The third-order valence-electron chi connectivity index (χ3n) is 4.80. The van der Waals surface area contributed by atoms with Gasteiger partial charge in [0.05, 0.1) is 12.5 Å². The van der Waals surface area contributed by atoms with Crippen LogP contribution in [0, 0.1) is 5.92 Å². The van der Waals surface area contributed by atoms with Crippen molar-refractivity contribution in [3.63, 3.8) is 0 Å². The lowest BCUT2D eigenvalue weighted by Crippen LogP contribution is -2.34. The smallest absolute Gasteiger partial charge is 0.342 e. The maximum atomic E-state index is 13.3. The summed E-state index contributed by atoms with van der Waals surface area (Å²) >= 11 is 1.34. The molecule has 1 aromatic carbocycles. The number of benzene rings is 1. The highest BCUT2D eigenvalue weighted by atomic mass is 32.1. The molecule has 1 aromatic heterocycles. The monoisotopic (exact) mass is 380 g/mol. The summed E-state index contributed by atoms with van der Waals surface area (Å²) in [5.74, 6) is -2.21. The number of thiophene rings is 1. The minimum absolute atomic E-state index is 0.0221. The molecule has 0 radical (unpaired) electrons. The second-order valence-electron chi connectivity index (χ2n) is 6.30. The molecule has 0 fully saturated rings. The van der Waals surface area contributed by atoms with Gasteiger partial charge in [-0.1, -0.05) is 30.3 Å². The first kappa shape index (κ1) is 17.4. The quantitative estimate of drug-likeness (QED) is 0.815. The molecule has 1 atom stereocenters. The van der Waals surface area contributed by atoms with Gasteiger partial charge >= 0.3 is 5.97 Å². The summed E-state index contributed by atoms with van der Waals surface area (Å²) in [5.41, 5.74) is 1.24. The first-order chi connectivity index (χ1) is 13.0. The number of esters is 1. The van der Waals surface area contributed by atoms with Crippen LogP contribution >= 0.6 is 11.3 Å². The van der Waals surface area contributed by atoms with Crippen molar-refractivity contribution in [3.8, 4) is 0 Å². The lowest BCUT2D eigenvalue weighted by molar-refractivity contribution is -0.138. The average molecular weight is 380 g/mol. The Morgan fingerprint density at radius 2 is 1.93 bits per heavy atom. The maximum Gasteiger partial charge on any atom is 0.342 e. The summed E-state index contributed by atoms with van der Waals surface area (Å²) < 4.78 is 5.11. The summed E-state index contributed by atoms with van der Waals surface area (Å²) in [6.45, 7) is 1.81. The number of Topliss-reactive ketones (excluding diaryl/α,β-unsaturated/α-hetero) is 2. The number of hydrogen-bond donors (Lipinski definition) is 1. The van der Waals surface area contributed by atoms with Crippen LogP contribution in [0.3, 0.4) is 0 Å². The molecule has 0 saturated carbocycles. The van der Waals surface area contributed by atoms with Gasteiger partial charge in [-0.3, -0.25) is 9.59 Å². The van der Waals surface area contributed by atoms with Crippen molar-refractivity contribution in [1.29, 1.82) is 0 Å². The van der Waals surface area contributed by atoms with E-state index in [4.69, 9.17) is 4.74 Å². The first-order valence-electron chi connectivity index (χ1n) is 8.60. The molecule has 2 aromatic rings. The van der Waals surface area contributed by atoms with Crippen molar-refractivity contribution in [2.75, 3.05) is 6.61 Å². The lowest BCUT2D eigenvalue weighted by Gasteiger charge is -2.31. The molecule has 0 amide bonds. The summed E-state index contributed by atoms with van der Waals surface area (Å²) in [6, 6.07) is 10.2. The number of allylic oxidation sites excluding steroid dienone is 2. The van der Waals surface area contributed by atoms with Crippen molar-refractivity contribution < 1.29 is 24.2 Å². The SMILES string of the molecule is CCOC(=O)C1=C(O)C[C@@H]2C(=O)c3ccccc3C(=O)C2=C1c1cccs1. The van der Waals surface area contributed by atoms with Crippen LogP contribution in [0.2, 0.25) is 0 Å². The molecular weight excluding hydrogens is 364 g/mol. The van der Waals surface area contributed by atoms with Crippen LogP contribution in [0.15, 0.2) is 58.7 Å². The number of rotatable bonds is 3. The van der Waals surface area contributed by atoms with Crippen molar-refractivity contribution in [1.82, 2.24) is 0 Å². The van der Waals surface area contributed by atoms with Gasteiger partial charge in [0.2, 0.25) is 0 Å². The molecule has 4 rings (SSSR count). The van der Waals surface area contributed by atoms with E-state index in [1.165, 1.54) is 11.3 Å². The van der Waals surface area contributed by atoms with Gasteiger partial charge in [-0.05, 0) is 18.4 Å². The van der Waals surface area contributed by atoms with E-state index in [0.29, 0.717) is 21.6 Å². The van der Waals surface area contributed by atoms with Gasteiger partial charge in [0.25, 0.3) is 0 Å². The van der Waals surface area contributed by atoms with E-state index in [1.807, 2.05) is 5.38 Å². The van der Waals surface area contributed by atoms with Crippen LogP contribution < -0.4 is 0 Å². The largest absolute Gasteiger partial charge is 0.511 e. The van der Waals surface area contributed by atoms with E-state index in [1.54, 1.807) is 43.3 Å². The molecule has 0 saturated heterocycles. The Balaban J connectivity index is 2.01. The Hall–Kier alpha value is -2.99. The van der Waals surface area contributed by atoms with Crippen molar-refractivity contribution in [2.24, 2.45) is 5.92 Å². The van der Waals surface area contributed by atoms with E-state index in [0.717, 1.165) is 0 Å². The molecule has 0 unspecified atom stereocenters. The highest BCUT2D eigenvalue weighted by Crippen LogP contribution is 2.46. The van der Waals surface area contributed by atoms with Gasteiger partial charge in [-0.25, -0.2) is 4.79 Å². The molecule has 136 valence electrons. The summed E-state index contributed by atoms with van der Waals surface area (Å²) in [7, 11) is 0. The van der Waals surface area contributed by atoms with Crippen LogP contribution in [-0.4, -0.2) is 29.2 Å². The van der Waals surface area contributed by atoms with Gasteiger partial charge in [-0.2, -0.15) is 0 Å². The minimum Gasteiger partial charge on any atom is -0.511 e. The first-order valence-corrected chi connectivity index (χ1v) is 9.48. The summed E-state index contributed by atoms with van der Waals surface area (Å²) in [4.78, 5) is 39.5. The Bertz CT molecular complexity index is 1030. The molecule has 1 N–H and O–H groups in total. The van der Waals surface area contributed by atoms with Gasteiger partial charge in [0.15, 0.2) is 11.6 Å². The topological polar surface area (TPSA) is 80.7 Å². The Labute approximate surface area is 159 Å². The normalized spacial score (nSPS) is 19.1.